The van der Waals surface area contributed by atoms with Gasteiger partial charge in [-0.05, 0) is 43.2 Å². The van der Waals surface area contributed by atoms with Gasteiger partial charge in [0, 0.05) is 41.3 Å². The van der Waals surface area contributed by atoms with Gasteiger partial charge in [-0.3, -0.25) is 14.8 Å². The first-order chi connectivity index (χ1) is 15.2. The van der Waals surface area contributed by atoms with E-state index in [0.717, 1.165) is 29.1 Å². The first kappa shape index (κ1) is 19.1. The number of ether oxygens (including phenoxy) is 3. The predicted molar refractivity (Wildman–Crippen MR) is 117 cm³/mol. The van der Waals surface area contributed by atoms with E-state index in [4.69, 9.17) is 14.2 Å². The number of carbonyl (C=O) groups excluding carboxylic acids is 1. The average molecular weight is 415 g/mol. The number of fused-ring (bicyclic) bond motifs is 2. The van der Waals surface area contributed by atoms with Crippen LogP contribution in [0.5, 0.6) is 23.0 Å². The van der Waals surface area contributed by atoms with E-state index < -0.39 is 0 Å². The molecule has 156 valence electrons. The Hall–Kier alpha value is -3.87. The molecule has 0 atom stereocenters. The van der Waals surface area contributed by atoms with Crippen molar-refractivity contribution < 1.29 is 19.0 Å². The number of hydrogen-bond donors (Lipinski definition) is 1. The van der Waals surface area contributed by atoms with Gasteiger partial charge >= 0.3 is 0 Å². The van der Waals surface area contributed by atoms with Gasteiger partial charge in [0.2, 0.25) is 0 Å². The summed E-state index contributed by atoms with van der Waals surface area (Å²) in [6.07, 6.45) is 5.42. The molecule has 1 saturated carbocycles. The largest absolute Gasteiger partial charge is 0.493 e. The number of aromatic nitrogens is 2. The minimum Gasteiger partial charge on any atom is -0.493 e. The van der Waals surface area contributed by atoms with E-state index in [1.54, 1.807) is 38.7 Å². The van der Waals surface area contributed by atoms with Crippen LogP contribution in [0.25, 0.3) is 21.8 Å². The highest BCUT2D eigenvalue weighted by Crippen LogP contribution is 2.37. The fourth-order valence-corrected chi connectivity index (χ4v) is 3.54. The summed E-state index contributed by atoms with van der Waals surface area (Å²) >= 11 is 0. The van der Waals surface area contributed by atoms with Crippen LogP contribution in [0, 0.1) is 0 Å². The van der Waals surface area contributed by atoms with E-state index in [0.29, 0.717) is 40.1 Å². The lowest BCUT2D eigenvalue weighted by molar-refractivity contribution is 0.0952. The summed E-state index contributed by atoms with van der Waals surface area (Å²) in [6, 6.07) is 13.0. The lowest BCUT2D eigenvalue weighted by Gasteiger charge is -2.13. The minimum atomic E-state index is -0.0651. The molecule has 0 spiro atoms. The Bertz CT molecular complexity index is 1300. The van der Waals surface area contributed by atoms with Crippen LogP contribution in [0.1, 0.15) is 23.2 Å². The quantitative estimate of drug-likeness (QED) is 0.500. The van der Waals surface area contributed by atoms with Crippen LogP contribution in [-0.2, 0) is 0 Å². The van der Waals surface area contributed by atoms with Crippen LogP contribution in [-0.4, -0.2) is 36.1 Å². The van der Waals surface area contributed by atoms with Crippen molar-refractivity contribution in [3.05, 3.63) is 60.4 Å². The van der Waals surface area contributed by atoms with Crippen LogP contribution in [0.2, 0.25) is 0 Å². The number of pyridine rings is 2. The zero-order chi connectivity index (χ0) is 21.4. The highest BCUT2D eigenvalue weighted by atomic mass is 16.5. The van der Waals surface area contributed by atoms with Gasteiger partial charge in [-0.25, -0.2) is 0 Å². The number of carbonyl (C=O) groups is 1. The molecule has 2 heterocycles. The normalized spacial score (nSPS) is 13.2. The first-order valence-corrected chi connectivity index (χ1v) is 10.0. The third kappa shape index (κ3) is 3.70. The van der Waals surface area contributed by atoms with Crippen molar-refractivity contribution in [3.8, 4) is 23.0 Å². The third-order valence-corrected chi connectivity index (χ3v) is 5.31. The smallest absolute Gasteiger partial charge is 0.252 e. The molecular formula is C24H21N3O4. The van der Waals surface area contributed by atoms with Crippen molar-refractivity contribution in [2.24, 2.45) is 0 Å². The summed E-state index contributed by atoms with van der Waals surface area (Å²) in [7, 11) is 3.18. The zero-order valence-electron chi connectivity index (χ0n) is 17.2. The standard InChI is InChI=1S/C24H21N3O4/c1-29-22-12-18-20(13-23(22)30-2)26-10-8-21(18)31-15-5-6-16-17(7-9-25-19(16)11-15)24(28)27-14-3-4-14/h5-14H,3-4H2,1-2H3,(H,27,28). The van der Waals surface area contributed by atoms with Gasteiger partial charge in [-0.1, -0.05) is 0 Å². The molecule has 0 aliphatic heterocycles. The lowest BCUT2D eigenvalue weighted by Crippen LogP contribution is -2.25. The molecule has 4 aromatic rings. The van der Waals surface area contributed by atoms with Gasteiger partial charge < -0.3 is 19.5 Å². The van der Waals surface area contributed by atoms with Crippen molar-refractivity contribution in [1.82, 2.24) is 15.3 Å². The highest BCUT2D eigenvalue weighted by Gasteiger charge is 2.24. The van der Waals surface area contributed by atoms with E-state index in [-0.39, 0.29) is 5.91 Å². The summed E-state index contributed by atoms with van der Waals surface area (Å²) in [6.45, 7) is 0. The summed E-state index contributed by atoms with van der Waals surface area (Å²) in [4.78, 5) is 21.4. The number of hydrogen-bond acceptors (Lipinski definition) is 6. The molecule has 1 amide bonds. The summed E-state index contributed by atoms with van der Waals surface area (Å²) in [5, 5.41) is 4.62. The van der Waals surface area contributed by atoms with Crippen LogP contribution in [0.3, 0.4) is 0 Å². The maximum absolute atomic E-state index is 12.5. The van der Waals surface area contributed by atoms with Crippen LogP contribution >= 0.6 is 0 Å². The molecule has 0 unspecified atom stereocenters. The Morgan fingerprint density at radius 3 is 2.32 bits per heavy atom. The zero-order valence-corrected chi connectivity index (χ0v) is 17.2. The third-order valence-electron chi connectivity index (χ3n) is 5.31. The number of nitrogens with one attached hydrogen (secondary N) is 1. The van der Waals surface area contributed by atoms with Gasteiger partial charge in [0.25, 0.3) is 5.91 Å². The number of methoxy groups -OCH3 is 2. The van der Waals surface area contributed by atoms with Crippen molar-refractivity contribution in [3.63, 3.8) is 0 Å². The SMILES string of the molecule is COc1cc2nccc(Oc3ccc4c(C(=O)NC5CC5)ccnc4c3)c2cc1OC. The average Bonchev–Trinajstić information content (AvgIpc) is 3.61. The van der Waals surface area contributed by atoms with Gasteiger partial charge in [0.15, 0.2) is 11.5 Å². The van der Waals surface area contributed by atoms with E-state index in [1.165, 1.54) is 0 Å². The molecule has 0 radical (unpaired) electrons. The molecule has 1 aliphatic rings. The summed E-state index contributed by atoms with van der Waals surface area (Å²) in [5.41, 5.74) is 2.04. The van der Waals surface area contributed by atoms with E-state index >= 15 is 0 Å². The van der Waals surface area contributed by atoms with Crippen molar-refractivity contribution in [1.29, 1.82) is 0 Å². The van der Waals surface area contributed by atoms with Gasteiger partial charge in [0.05, 0.1) is 30.8 Å². The second-order valence-electron chi connectivity index (χ2n) is 7.42. The van der Waals surface area contributed by atoms with Crippen molar-refractivity contribution >= 4 is 27.7 Å². The molecule has 0 saturated heterocycles. The number of amides is 1. The number of nitrogens with zero attached hydrogens (tertiary/aromatic N) is 2. The monoisotopic (exact) mass is 415 g/mol. The molecule has 2 aromatic heterocycles. The Morgan fingerprint density at radius 1 is 0.871 bits per heavy atom. The fraction of sp³-hybridized carbons (Fsp3) is 0.208. The summed E-state index contributed by atoms with van der Waals surface area (Å²) < 4.78 is 17.0. The second-order valence-corrected chi connectivity index (χ2v) is 7.42. The van der Waals surface area contributed by atoms with Crippen LogP contribution in [0.4, 0.5) is 0 Å². The van der Waals surface area contributed by atoms with Crippen LogP contribution in [0.15, 0.2) is 54.9 Å². The van der Waals surface area contributed by atoms with Gasteiger partial charge in [-0.15, -0.1) is 0 Å². The van der Waals surface area contributed by atoms with E-state index in [9.17, 15) is 4.79 Å². The molecule has 31 heavy (non-hydrogen) atoms. The lowest BCUT2D eigenvalue weighted by atomic mass is 10.1. The molecule has 7 nitrogen and oxygen atoms in total. The van der Waals surface area contributed by atoms with Crippen molar-refractivity contribution in [2.75, 3.05) is 14.2 Å². The van der Waals surface area contributed by atoms with Crippen LogP contribution < -0.4 is 19.5 Å². The predicted octanol–water partition coefficient (Wildman–Crippen LogP) is 4.48. The fourth-order valence-electron chi connectivity index (χ4n) is 3.54. The minimum absolute atomic E-state index is 0.0651. The summed E-state index contributed by atoms with van der Waals surface area (Å²) in [5.74, 6) is 2.38. The molecule has 1 aliphatic carbocycles. The Balaban J connectivity index is 1.50. The Kier molecular flexibility index (Phi) is 4.78. The highest BCUT2D eigenvalue weighted by molar-refractivity contribution is 6.06. The van der Waals surface area contributed by atoms with Gasteiger partial charge in [0.1, 0.15) is 11.5 Å². The Labute approximate surface area is 179 Å². The van der Waals surface area contributed by atoms with E-state index in [1.807, 2.05) is 30.3 Å². The molecular weight excluding hydrogens is 394 g/mol. The molecule has 5 rings (SSSR count). The maximum atomic E-state index is 12.5. The van der Waals surface area contributed by atoms with Crippen molar-refractivity contribution in [2.45, 2.75) is 18.9 Å². The molecule has 1 N–H and O–H groups in total. The Morgan fingerprint density at radius 2 is 1.58 bits per heavy atom. The molecule has 2 aromatic carbocycles. The topological polar surface area (TPSA) is 82.6 Å². The number of rotatable bonds is 6. The van der Waals surface area contributed by atoms with Gasteiger partial charge in [-0.2, -0.15) is 0 Å². The first-order valence-electron chi connectivity index (χ1n) is 10.0. The molecule has 7 heteroatoms. The maximum Gasteiger partial charge on any atom is 0.252 e. The number of benzene rings is 2. The van der Waals surface area contributed by atoms with E-state index in [2.05, 4.69) is 15.3 Å². The molecule has 1 fully saturated rings. The second kappa shape index (κ2) is 7.75. The molecule has 0 bridgehead atoms.